The lowest BCUT2D eigenvalue weighted by Crippen LogP contribution is -2.21. The molecule has 1 saturated heterocycles. The van der Waals surface area contributed by atoms with Gasteiger partial charge in [-0.1, -0.05) is 0 Å². The Hall–Kier alpha value is -0.570. The summed E-state index contributed by atoms with van der Waals surface area (Å²) in [6.45, 7) is 0.657. The van der Waals surface area contributed by atoms with E-state index in [9.17, 15) is 4.79 Å². The van der Waals surface area contributed by atoms with Gasteiger partial charge in [-0.15, -0.1) is 0 Å². The second-order valence-electron chi connectivity index (χ2n) is 1.92. The lowest BCUT2D eigenvalue weighted by Gasteiger charge is -2.04. The third-order valence-corrected chi connectivity index (χ3v) is 1.28. The molecule has 1 aliphatic heterocycles. The van der Waals surface area contributed by atoms with Gasteiger partial charge in [0, 0.05) is 20.0 Å². The topological polar surface area (TPSA) is 40.5 Å². The molecule has 0 saturated carbocycles. The van der Waals surface area contributed by atoms with E-state index < -0.39 is 0 Å². The molecule has 0 unspecified atom stereocenters. The number of rotatable bonds is 0. The molecule has 0 atom stereocenters. The Bertz CT molecular complexity index is 101. The van der Waals surface area contributed by atoms with Crippen molar-refractivity contribution < 1.29 is 9.90 Å². The SMILES string of the molecule is CN1CC[C](O)C1=O. The number of carbonyl (C=O) groups excluding carboxylic acids is 1. The minimum absolute atomic E-state index is 0.00694. The van der Waals surface area contributed by atoms with Gasteiger partial charge in [-0.2, -0.15) is 0 Å². The molecular weight excluding hydrogens is 106 g/mol. The third-order valence-electron chi connectivity index (χ3n) is 1.28. The van der Waals surface area contributed by atoms with Crippen LogP contribution in [-0.2, 0) is 4.79 Å². The van der Waals surface area contributed by atoms with Crippen molar-refractivity contribution in [3.8, 4) is 0 Å². The van der Waals surface area contributed by atoms with Crippen LogP contribution in [0.15, 0.2) is 0 Å². The highest BCUT2D eigenvalue weighted by Gasteiger charge is 2.27. The van der Waals surface area contributed by atoms with Crippen LogP contribution in [0.1, 0.15) is 6.42 Å². The van der Waals surface area contributed by atoms with Crippen LogP contribution in [0.25, 0.3) is 0 Å². The van der Waals surface area contributed by atoms with Crippen molar-refractivity contribution in [3.05, 3.63) is 6.10 Å². The molecule has 1 N–H and O–H groups in total. The molecule has 0 spiro atoms. The number of aliphatic hydroxyl groups excluding tert-OH is 1. The Morgan fingerprint density at radius 1 is 1.75 bits per heavy atom. The summed E-state index contributed by atoms with van der Waals surface area (Å²) in [5.41, 5.74) is 0. The van der Waals surface area contributed by atoms with E-state index in [4.69, 9.17) is 5.11 Å². The molecule has 1 radical (unpaired) electrons. The van der Waals surface area contributed by atoms with Crippen molar-refractivity contribution in [3.63, 3.8) is 0 Å². The number of hydrogen-bond donors (Lipinski definition) is 1. The van der Waals surface area contributed by atoms with Crippen molar-refractivity contribution in [1.82, 2.24) is 4.90 Å². The summed E-state index contributed by atoms with van der Waals surface area (Å²) in [5.74, 6) is -0.231. The van der Waals surface area contributed by atoms with Gasteiger partial charge in [0.05, 0.1) is 0 Å². The van der Waals surface area contributed by atoms with E-state index in [1.807, 2.05) is 0 Å². The molecule has 3 nitrogen and oxygen atoms in total. The zero-order valence-electron chi connectivity index (χ0n) is 4.72. The number of nitrogens with zero attached hydrogens (tertiary/aromatic N) is 1. The Kier molecular flexibility index (Phi) is 1.21. The monoisotopic (exact) mass is 114 g/mol. The van der Waals surface area contributed by atoms with Gasteiger partial charge >= 0.3 is 0 Å². The minimum atomic E-state index is -0.231. The van der Waals surface area contributed by atoms with Crippen LogP contribution in [0.2, 0.25) is 0 Å². The third kappa shape index (κ3) is 0.690. The second-order valence-corrected chi connectivity index (χ2v) is 1.92. The molecule has 1 fully saturated rings. The van der Waals surface area contributed by atoms with Crippen LogP contribution in [-0.4, -0.2) is 29.5 Å². The van der Waals surface area contributed by atoms with Crippen molar-refractivity contribution in [2.45, 2.75) is 6.42 Å². The summed E-state index contributed by atoms with van der Waals surface area (Å²) < 4.78 is 0. The largest absolute Gasteiger partial charge is 0.377 e. The van der Waals surface area contributed by atoms with Gasteiger partial charge in [-0.05, 0) is 0 Å². The van der Waals surface area contributed by atoms with Crippen molar-refractivity contribution in [1.29, 1.82) is 0 Å². The summed E-state index contributed by atoms with van der Waals surface area (Å²) in [7, 11) is 1.67. The van der Waals surface area contributed by atoms with Gasteiger partial charge < -0.3 is 10.0 Å². The van der Waals surface area contributed by atoms with Crippen LogP contribution >= 0.6 is 0 Å². The van der Waals surface area contributed by atoms with Crippen LogP contribution in [0.4, 0.5) is 0 Å². The molecule has 8 heavy (non-hydrogen) atoms. The number of hydrogen-bond acceptors (Lipinski definition) is 2. The predicted octanol–water partition coefficient (Wildman–Crippen LogP) is -0.247. The maximum absolute atomic E-state index is 10.5. The first kappa shape index (κ1) is 5.56. The highest BCUT2D eigenvalue weighted by atomic mass is 16.3. The molecule has 1 aliphatic rings. The summed E-state index contributed by atoms with van der Waals surface area (Å²) >= 11 is 0. The highest BCUT2D eigenvalue weighted by Crippen LogP contribution is 2.13. The Balaban J connectivity index is 2.57. The van der Waals surface area contributed by atoms with Crippen LogP contribution in [0, 0.1) is 6.10 Å². The Labute approximate surface area is 47.9 Å². The predicted molar refractivity (Wildman–Crippen MR) is 27.4 cm³/mol. The van der Waals surface area contributed by atoms with Gasteiger partial charge in [-0.25, -0.2) is 0 Å². The maximum atomic E-state index is 10.5. The number of likely N-dealkylation sites (N-methyl/N-ethyl adjacent to an activating group) is 1. The van der Waals surface area contributed by atoms with Crippen LogP contribution in [0.3, 0.4) is 0 Å². The van der Waals surface area contributed by atoms with Gasteiger partial charge in [0.2, 0.25) is 0 Å². The molecule has 0 aromatic heterocycles. The van der Waals surface area contributed by atoms with E-state index in [0.717, 1.165) is 0 Å². The van der Waals surface area contributed by atoms with E-state index in [-0.39, 0.29) is 12.0 Å². The number of carbonyl (C=O) groups is 1. The van der Waals surface area contributed by atoms with E-state index >= 15 is 0 Å². The fourth-order valence-electron chi connectivity index (χ4n) is 0.702. The summed E-state index contributed by atoms with van der Waals surface area (Å²) in [6.07, 6.45) is 0.502. The Morgan fingerprint density at radius 3 is 2.50 bits per heavy atom. The molecule has 3 heteroatoms. The van der Waals surface area contributed by atoms with Gasteiger partial charge in [0.1, 0.15) is 0 Å². The first-order chi connectivity index (χ1) is 3.72. The van der Waals surface area contributed by atoms with E-state index in [0.29, 0.717) is 13.0 Å². The number of aliphatic hydroxyl groups is 1. The minimum Gasteiger partial charge on any atom is -0.377 e. The van der Waals surface area contributed by atoms with E-state index in [1.54, 1.807) is 7.05 Å². The summed E-state index contributed by atoms with van der Waals surface area (Å²) in [6, 6.07) is 0. The normalized spacial score (nSPS) is 22.8. The van der Waals surface area contributed by atoms with Crippen LogP contribution < -0.4 is 0 Å². The smallest absolute Gasteiger partial charge is 0.257 e. The average Bonchev–Trinajstić information content (AvgIpc) is 1.98. The summed E-state index contributed by atoms with van der Waals surface area (Å²) in [4.78, 5) is 12.0. The molecular formula is C5H8NO2. The quantitative estimate of drug-likeness (QED) is 0.472. The van der Waals surface area contributed by atoms with Gasteiger partial charge in [0.15, 0.2) is 6.10 Å². The summed E-state index contributed by atoms with van der Waals surface area (Å²) in [5, 5.41) is 8.69. The molecule has 1 amide bonds. The molecule has 0 aromatic rings. The Morgan fingerprint density at radius 2 is 2.38 bits per heavy atom. The fourth-order valence-corrected chi connectivity index (χ4v) is 0.702. The molecule has 1 rings (SSSR count). The van der Waals surface area contributed by atoms with Crippen LogP contribution in [0.5, 0.6) is 0 Å². The van der Waals surface area contributed by atoms with E-state index in [1.165, 1.54) is 4.90 Å². The number of likely N-dealkylation sites (tertiary alicyclic amines) is 1. The first-order valence-corrected chi connectivity index (χ1v) is 2.52. The molecule has 0 aliphatic carbocycles. The van der Waals surface area contributed by atoms with Crippen molar-refractivity contribution >= 4 is 5.91 Å². The average molecular weight is 114 g/mol. The van der Waals surface area contributed by atoms with Gasteiger partial charge in [0.25, 0.3) is 5.91 Å². The standard InChI is InChI=1S/C5H8NO2/c1-6-3-2-4(7)5(6)8/h7H,2-3H2,1H3. The lowest BCUT2D eigenvalue weighted by molar-refractivity contribution is -0.128. The molecule has 1 heterocycles. The fraction of sp³-hybridized carbons (Fsp3) is 0.600. The zero-order valence-corrected chi connectivity index (χ0v) is 4.72. The lowest BCUT2D eigenvalue weighted by atomic mass is 10.3. The number of amides is 1. The molecule has 0 bridgehead atoms. The van der Waals surface area contributed by atoms with Gasteiger partial charge in [-0.3, -0.25) is 4.79 Å². The molecule has 45 valence electrons. The maximum Gasteiger partial charge on any atom is 0.257 e. The second kappa shape index (κ2) is 1.74. The zero-order chi connectivity index (χ0) is 6.15. The van der Waals surface area contributed by atoms with E-state index in [2.05, 4.69) is 0 Å². The highest BCUT2D eigenvalue weighted by molar-refractivity contribution is 5.89. The van der Waals surface area contributed by atoms with Crippen molar-refractivity contribution in [2.75, 3.05) is 13.6 Å². The first-order valence-electron chi connectivity index (χ1n) is 2.52. The van der Waals surface area contributed by atoms with Crippen molar-refractivity contribution in [2.24, 2.45) is 0 Å². The molecule has 0 aromatic carbocycles.